The molecule has 0 saturated heterocycles. The molecule has 0 amide bonds. The molecule has 0 aliphatic rings. The van der Waals surface area contributed by atoms with Crippen LogP contribution in [0.25, 0.3) is 0 Å². The van der Waals surface area contributed by atoms with Gasteiger partial charge in [-0.3, -0.25) is 0 Å². The summed E-state index contributed by atoms with van der Waals surface area (Å²) in [6, 6.07) is 8.48. The molecular weight excluding hydrogens is 357 g/mol. The van der Waals surface area contributed by atoms with Gasteiger partial charge in [-0.1, -0.05) is 40.5 Å². The van der Waals surface area contributed by atoms with E-state index >= 15 is 0 Å². The summed E-state index contributed by atoms with van der Waals surface area (Å²) in [6.07, 6.45) is 0.769. The minimum absolute atomic E-state index is 0.276. The number of rotatable bonds is 4. The summed E-state index contributed by atoms with van der Waals surface area (Å²) in [4.78, 5) is 2.32. The van der Waals surface area contributed by atoms with E-state index in [2.05, 4.69) is 29.2 Å². The molecule has 0 spiro atoms. The summed E-state index contributed by atoms with van der Waals surface area (Å²) in [7, 11) is 0. The van der Waals surface area contributed by atoms with Crippen LogP contribution in [-0.2, 0) is 6.54 Å². The fraction of sp³-hybridized carbons (Fsp3) is 0.625. The van der Waals surface area contributed by atoms with Crippen LogP contribution >= 0.6 is 0 Å². The average Bonchev–Trinajstić information content (AvgIpc) is 2.48. The van der Waals surface area contributed by atoms with Crippen molar-refractivity contribution in [2.45, 2.75) is 64.2 Å². The molecule has 0 aliphatic carbocycles. The second-order valence-corrected chi connectivity index (χ2v) is 7.51. The van der Waals surface area contributed by atoms with Gasteiger partial charge in [-0.2, -0.15) is 0 Å². The molecule has 2 atom stereocenters. The van der Waals surface area contributed by atoms with Gasteiger partial charge in [0.2, 0.25) is 0 Å². The molecule has 0 bridgehead atoms. The molecule has 2 N–H and O–H groups in total. The molecule has 114 valence electrons. The molecule has 4 heteroatoms. The molecule has 20 heavy (non-hydrogen) atoms. The van der Waals surface area contributed by atoms with Crippen LogP contribution in [0.5, 0.6) is 0 Å². The van der Waals surface area contributed by atoms with Gasteiger partial charge in [-0.25, -0.2) is 0 Å². The Kier molecular flexibility index (Phi) is 17.0. The van der Waals surface area contributed by atoms with Gasteiger partial charge in [0, 0.05) is 0 Å². The molecule has 1 aromatic rings. The van der Waals surface area contributed by atoms with E-state index < -0.39 is 0 Å². The SMILES string of the molecule is CCC(C)[O-].CCC(C)[O-].[CH3][Sn+2][c]1ccccc1CN. The van der Waals surface area contributed by atoms with E-state index in [9.17, 15) is 10.2 Å². The Hall–Kier alpha value is -0.101. The van der Waals surface area contributed by atoms with Gasteiger partial charge in [0.1, 0.15) is 0 Å². The second kappa shape index (κ2) is 15.3. The monoisotopic (exact) mass is 387 g/mol. The number of hydrogen-bond donors (Lipinski definition) is 1. The molecule has 1 aromatic carbocycles. The van der Waals surface area contributed by atoms with Gasteiger partial charge in [-0.15, -0.1) is 12.2 Å². The summed E-state index contributed by atoms with van der Waals surface area (Å²) in [5.74, 6) is 0. The molecule has 0 saturated carbocycles. The van der Waals surface area contributed by atoms with E-state index in [1.54, 1.807) is 13.8 Å². The first-order valence-corrected chi connectivity index (χ1v) is 11.5. The Labute approximate surface area is 134 Å². The molecule has 0 fully saturated rings. The Morgan fingerprint density at radius 2 is 1.45 bits per heavy atom. The first kappa shape index (κ1) is 22.2. The van der Waals surface area contributed by atoms with E-state index in [4.69, 9.17) is 5.73 Å². The van der Waals surface area contributed by atoms with Crippen molar-refractivity contribution >= 4 is 24.7 Å². The molecule has 0 aliphatic heterocycles. The molecule has 1 rings (SSSR count). The van der Waals surface area contributed by atoms with Gasteiger partial charge in [0.05, 0.1) is 0 Å². The Morgan fingerprint density at radius 3 is 1.70 bits per heavy atom. The fourth-order valence-electron chi connectivity index (χ4n) is 0.942. The molecule has 0 radical (unpaired) electrons. The molecule has 2 unspecified atom stereocenters. The predicted octanol–water partition coefficient (Wildman–Crippen LogP) is 0.813. The quantitative estimate of drug-likeness (QED) is 0.779. The first-order chi connectivity index (χ1) is 9.42. The van der Waals surface area contributed by atoms with Crippen molar-refractivity contribution in [2.24, 2.45) is 5.73 Å². The summed E-state index contributed by atoms with van der Waals surface area (Å²) < 4.78 is 1.54. The van der Waals surface area contributed by atoms with Crippen molar-refractivity contribution < 1.29 is 10.2 Å². The zero-order chi connectivity index (χ0) is 16.0. The van der Waals surface area contributed by atoms with Gasteiger partial charge >= 0.3 is 71.8 Å². The van der Waals surface area contributed by atoms with E-state index in [-0.39, 0.29) is 33.4 Å². The zero-order valence-corrected chi connectivity index (χ0v) is 16.3. The van der Waals surface area contributed by atoms with Crippen molar-refractivity contribution in [2.75, 3.05) is 0 Å². The maximum atomic E-state index is 9.90. The maximum absolute atomic E-state index is 9.90. The van der Waals surface area contributed by atoms with Crippen LogP contribution in [0.4, 0.5) is 0 Å². The van der Waals surface area contributed by atoms with Crippen molar-refractivity contribution in [1.29, 1.82) is 0 Å². The van der Waals surface area contributed by atoms with Crippen molar-refractivity contribution in [3.63, 3.8) is 0 Å². The summed E-state index contributed by atoms with van der Waals surface area (Å²) in [5, 5.41) is 19.8. The Morgan fingerprint density at radius 1 is 1.05 bits per heavy atom. The number of hydrogen-bond acceptors (Lipinski definition) is 3. The van der Waals surface area contributed by atoms with Crippen LogP contribution in [-0.4, -0.2) is 33.4 Å². The molecular formula is C16H29NO2Sn. The van der Waals surface area contributed by atoms with Crippen LogP contribution in [0, 0.1) is 0 Å². The summed E-state index contributed by atoms with van der Waals surface area (Å²) in [6.45, 7) is 7.81. The van der Waals surface area contributed by atoms with E-state index in [0.29, 0.717) is 6.54 Å². The van der Waals surface area contributed by atoms with Gasteiger partial charge in [-0.05, 0) is 0 Å². The Balaban J connectivity index is 0. The fourth-order valence-corrected chi connectivity index (χ4v) is 3.14. The second-order valence-electron chi connectivity index (χ2n) is 4.55. The Bertz CT molecular complexity index is 286. The third-order valence-electron chi connectivity index (χ3n) is 2.66. The van der Waals surface area contributed by atoms with Crippen LogP contribution in [0.1, 0.15) is 46.1 Å². The van der Waals surface area contributed by atoms with Crippen LogP contribution < -0.4 is 19.5 Å². The van der Waals surface area contributed by atoms with Crippen molar-refractivity contribution in [3.8, 4) is 0 Å². The number of benzene rings is 1. The van der Waals surface area contributed by atoms with Gasteiger partial charge in [0.25, 0.3) is 0 Å². The van der Waals surface area contributed by atoms with Crippen molar-refractivity contribution in [1.82, 2.24) is 0 Å². The first-order valence-electron chi connectivity index (χ1n) is 7.20. The van der Waals surface area contributed by atoms with E-state index in [0.717, 1.165) is 12.8 Å². The number of nitrogens with two attached hydrogens (primary N) is 1. The third kappa shape index (κ3) is 14.3. The van der Waals surface area contributed by atoms with Crippen molar-refractivity contribution in [3.05, 3.63) is 29.8 Å². The van der Waals surface area contributed by atoms with Gasteiger partial charge < -0.3 is 10.2 Å². The molecule has 3 nitrogen and oxygen atoms in total. The van der Waals surface area contributed by atoms with Crippen LogP contribution in [0.3, 0.4) is 0 Å². The average molecular weight is 386 g/mol. The van der Waals surface area contributed by atoms with Crippen LogP contribution in [0.2, 0.25) is 4.94 Å². The standard InChI is InChI=1S/C7H8N.2C4H9O.CH3.Sn/c8-6-7-4-2-1-3-5-7;2*1-3-4(2)5;;/h1-4H,6,8H2;2*4H,3H2,1-2H3;1H3;/q;2*-1;;+2. The molecule has 0 heterocycles. The zero-order valence-electron chi connectivity index (χ0n) is 13.5. The topological polar surface area (TPSA) is 72.1 Å². The van der Waals surface area contributed by atoms with E-state index in [1.165, 1.54) is 9.14 Å². The normalized spacial score (nSPS) is 12.0. The summed E-state index contributed by atoms with van der Waals surface area (Å²) >= 11 is -0.276. The van der Waals surface area contributed by atoms with Crippen LogP contribution in [0.15, 0.2) is 24.3 Å². The van der Waals surface area contributed by atoms with E-state index in [1.807, 2.05) is 13.8 Å². The predicted molar refractivity (Wildman–Crippen MR) is 85.1 cm³/mol. The van der Waals surface area contributed by atoms with Gasteiger partial charge in [0.15, 0.2) is 0 Å². The summed E-state index contributed by atoms with van der Waals surface area (Å²) in [5.41, 5.74) is 6.90. The molecule has 0 aromatic heterocycles. The minimum atomic E-state index is -0.366. The third-order valence-corrected chi connectivity index (χ3v) is 5.59.